The number of benzene rings is 1. The smallest absolute Gasteiger partial charge is 0.131 e. The zero-order valence-corrected chi connectivity index (χ0v) is 6.95. The quantitative estimate of drug-likeness (QED) is 0.603. The molecule has 0 fully saturated rings. The summed E-state index contributed by atoms with van der Waals surface area (Å²) in [6.07, 6.45) is 1.01. The standard InChI is InChI=1S/C11H10O/c1-8-10(7-12)11(8)9-5-3-2-4-6-9/h2-7,10H,1H3. The van der Waals surface area contributed by atoms with Crippen molar-refractivity contribution in [2.75, 3.05) is 0 Å². The fourth-order valence-corrected chi connectivity index (χ4v) is 1.55. The highest BCUT2D eigenvalue weighted by atomic mass is 16.1. The van der Waals surface area contributed by atoms with E-state index in [2.05, 4.69) is 0 Å². The van der Waals surface area contributed by atoms with Crippen molar-refractivity contribution in [3.05, 3.63) is 41.5 Å². The van der Waals surface area contributed by atoms with Gasteiger partial charge in [0, 0.05) is 0 Å². The van der Waals surface area contributed by atoms with Crippen LogP contribution in [0.15, 0.2) is 35.9 Å². The molecule has 0 saturated carbocycles. The molecule has 1 aliphatic carbocycles. The largest absolute Gasteiger partial charge is 0.302 e. The minimum Gasteiger partial charge on any atom is -0.302 e. The molecular formula is C11H10O. The molecule has 2 rings (SSSR count). The number of carbonyl (C=O) groups is 1. The summed E-state index contributed by atoms with van der Waals surface area (Å²) >= 11 is 0. The molecule has 0 aromatic heterocycles. The maximum atomic E-state index is 10.5. The Morgan fingerprint density at radius 1 is 1.25 bits per heavy atom. The lowest BCUT2D eigenvalue weighted by atomic mass is 10.1. The van der Waals surface area contributed by atoms with Gasteiger partial charge in [-0.15, -0.1) is 0 Å². The molecule has 0 bridgehead atoms. The highest BCUT2D eigenvalue weighted by molar-refractivity contribution is 5.98. The average molecular weight is 158 g/mol. The van der Waals surface area contributed by atoms with Crippen LogP contribution in [0.3, 0.4) is 0 Å². The zero-order chi connectivity index (χ0) is 8.55. The average Bonchev–Trinajstić information content (AvgIpc) is 2.78. The number of carbonyl (C=O) groups excluding carboxylic acids is 1. The van der Waals surface area contributed by atoms with E-state index in [-0.39, 0.29) is 5.92 Å². The van der Waals surface area contributed by atoms with Crippen molar-refractivity contribution in [3.8, 4) is 0 Å². The van der Waals surface area contributed by atoms with Crippen LogP contribution < -0.4 is 0 Å². The number of rotatable bonds is 2. The summed E-state index contributed by atoms with van der Waals surface area (Å²) in [5.74, 6) is 0.104. The second-order valence-corrected chi connectivity index (χ2v) is 3.08. The normalized spacial score (nSPS) is 20.9. The molecule has 1 nitrogen and oxygen atoms in total. The van der Waals surface area contributed by atoms with Crippen molar-refractivity contribution in [2.45, 2.75) is 6.92 Å². The Hall–Kier alpha value is -1.37. The second-order valence-electron chi connectivity index (χ2n) is 3.08. The predicted molar refractivity (Wildman–Crippen MR) is 48.6 cm³/mol. The minimum atomic E-state index is 0.104. The van der Waals surface area contributed by atoms with E-state index in [1.165, 1.54) is 16.7 Å². The second kappa shape index (κ2) is 2.59. The third-order valence-electron chi connectivity index (χ3n) is 2.34. The Labute approximate surface area is 71.7 Å². The molecule has 0 heterocycles. The molecule has 0 N–H and O–H groups in total. The van der Waals surface area contributed by atoms with E-state index in [4.69, 9.17) is 0 Å². The topological polar surface area (TPSA) is 17.1 Å². The van der Waals surface area contributed by atoms with Gasteiger partial charge in [-0.3, -0.25) is 0 Å². The van der Waals surface area contributed by atoms with Gasteiger partial charge in [0.2, 0.25) is 0 Å². The Kier molecular flexibility index (Phi) is 1.58. The van der Waals surface area contributed by atoms with Crippen molar-refractivity contribution in [2.24, 2.45) is 5.92 Å². The van der Waals surface area contributed by atoms with E-state index in [1.54, 1.807) is 0 Å². The van der Waals surface area contributed by atoms with Crippen LogP contribution in [0, 0.1) is 5.92 Å². The summed E-state index contributed by atoms with van der Waals surface area (Å²) in [4.78, 5) is 10.5. The molecule has 0 radical (unpaired) electrons. The predicted octanol–water partition coefficient (Wildman–Crippen LogP) is 2.29. The van der Waals surface area contributed by atoms with Gasteiger partial charge in [-0.2, -0.15) is 0 Å². The van der Waals surface area contributed by atoms with Crippen molar-refractivity contribution < 1.29 is 4.79 Å². The van der Waals surface area contributed by atoms with Gasteiger partial charge in [-0.05, 0) is 18.1 Å². The summed E-state index contributed by atoms with van der Waals surface area (Å²) in [6, 6.07) is 10.1. The van der Waals surface area contributed by atoms with E-state index in [9.17, 15) is 4.79 Å². The van der Waals surface area contributed by atoms with Crippen LogP contribution in [0.4, 0.5) is 0 Å². The lowest BCUT2D eigenvalue weighted by Crippen LogP contribution is -1.82. The summed E-state index contributed by atoms with van der Waals surface area (Å²) in [5, 5.41) is 0. The van der Waals surface area contributed by atoms with Crippen LogP contribution in [0.5, 0.6) is 0 Å². The van der Waals surface area contributed by atoms with Crippen molar-refractivity contribution >= 4 is 11.9 Å². The third-order valence-corrected chi connectivity index (χ3v) is 2.34. The Balaban J connectivity index is 2.30. The maximum Gasteiger partial charge on any atom is 0.131 e. The van der Waals surface area contributed by atoms with Gasteiger partial charge in [0.25, 0.3) is 0 Å². The van der Waals surface area contributed by atoms with E-state index < -0.39 is 0 Å². The molecule has 1 unspecified atom stereocenters. The van der Waals surface area contributed by atoms with Crippen LogP contribution in [-0.2, 0) is 4.79 Å². The highest BCUT2D eigenvalue weighted by Gasteiger charge is 2.32. The van der Waals surface area contributed by atoms with E-state index in [0.29, 0.717) is 0 Å². The zero-order valence-electron chi connectivity index (χ0n) is 6.95. The Morgan fingerprint density at radius 2 is 1.92 bits per heavy atom. The van der Waals surface area contributed by atoms with Crippen molar-refractivity contribution in [1.82, 2.24) is 0 Å². The number of aldehydes is 1. The molecule has 60 valence electrons. The SMILES string of the molecule is CC1=C(c2ccccc2)C1C=O. The van der Waals surface area contributed by atoms with E-state index in [0.717, 1.165) is 6.29 Å². The van der Waals surface area contributed by atoms with Gasteiger partial charge in [-0.25, -0.2) is 0 Å². The van der Waals surface area contributed by atoms with Gasteiger partial charge in [0.05, 0.1) is 5.92 Å². The fraction of sp³-hybridized carbons (Fsp3) is 0.182. The van der Waals surface area contributed by atoms with Crippen LogP contribution in [-0.4, -0.2) is 6.29 Å². The first kappa shape index (κ1) is 7.29. The van der Waals surface area contributed by atoms with Crippen LogP contribution >= 0.6 is 0 Å². The molecule has 1 heteroatoms. The highest BCUT2D eigenvalue weighted by Crippen LogP contribution is 2.44. The van der Waals surface area contributed by atoms with E-state index in [1.807, 2.05) is 37.3 Å². The molecule has 12 heavy (non-hydrogen) atoms. The molecule has 1 aliphatic rings. The van der Waals surface area contributed by atoms with Crippen molar-refractivity contribution in [1.29, 1.82) is 0 Å². The van der Waals surface area contributed by atoms with Crippen molar-refractivity contribution in [3.63, 3.8) is 0 Å². The fourth-order valence-electron chi connectivity index (χ4n) is 1.55. The first-order valence-electron chi connectivity index (χ1n) is 4.06. The van der Waals surface area contributed by atoms with E-state index >= 15 is 0 Å². The molecule has 0 aliphatic heterocycles. The summed E-state index contributed by atoms with van der Waals surface area (Å²) in [7, 11) is 0. The van der Waals surface area contributed by atoms with Gasteiger partial charge >= 0.3 is 0 Å². The van der Waals surface area contributed by atoms with Crippen LogP contribution in [0.1, 0.15) is 12.5 Å². The molecule has 0 amide bonds. The van der Waals surface area contributed by atoms with Gasteiger partial charge in [0.1, 0.15) is 6.29 Å². The first-order chi connectivity index (χ1) is 5.84. The third kappa shape index (κ3) is 0.981. The van der Waals surface area contributed by atoms with Gasteiger partial charge < -0.3 is 4.79 Å². The number of hydrogen-bond donors (Lipinski definition) is 0. The Morgan fingerprint density at radius 3 is 2.42 bits per heavy atom. The minimum absolute atomic E-state index is 0.104. The first-order valence-corrected chi connectivity index (χ1v) is 4.06. The van der Waals surface area contributed by atoms with Crippen LogP contribution in [0.25, 0.3) is 5.57 Å². The number of hydrogen-bond acceptors (Lipinski definition) is 1. The summed E-state index contributed by atoms with van der Waals surface area (Å²) in [5.41, 5.74) is 3.62. The number of allylic oxidation sites excluding steroid dienone is 2. The Bertz CT molecular complexity index is 335. The molecule has 1 atom stereocenters. The maximum absolute atomic E-state index is 10.5. The lowest BCUT2D eigenvalue weighted by molar-refractivity contribution is -0.108. The molecule has 0 spiro atoms. The molecule has 1 aromatic carbocycles. The van der Waals surface area contributed by atoms with Crippen LogP contribution in [0.2, 0.25) is 0 Å². The molecule has 1 aromatic rings. The molecular weight excluding hydrogens is 148 g/mol. The molecule has 0 saturated heterocycles. The van der Waals surface area contributed by atoms with Gasteiger partial charge in [0.15, 0.2) is 0 Å². The lowest BCUT2D eigenvalue weighted by Gasteiger charge is -1.92. The monoisotopic (exact) mass is 158 g/mol. The van der Waals surface area contributed by atoms with Gasteiger partial charge in [-0.1, -0.05) is 35.9 Å². The summed E-state index contributed by atoms with van der Waals surface area (Å²) < 4.78 is 0. The summed E-state index contributed by atoms with van der Waals surface area (Å²) in [6.45, 7) is 2.02.